The number of nitrogens with one attached hydrogen (secondary N) is 1. The molecule has 0 radical (unpaired) electrons. The summed E-state index contributed by atoms with van der Waals surface area (Å²) in [5, 5.41) is 4.08. The van der Waals surface area contributed by atoms with Crippen LogP contribution in [0.25, 0.3) is 0 Å². The molecule has 1 aromatic rings. The second-order valence-electron chi connectivity index (χ2n) is 3.98. The minimum absolute atomic E-state index is 0.0356. The number of anilines is 2. The highest BCUT2D eigenvalue weighted by Gasteiger charge is 2.22. The molecule has 0 spiro atoms. The zero-order chi connectivity index (χ0) is 13.3. The Labute approximate surface area is 104 Å². The monoisotopic (exact) mass is 272 g/mol. The van der Waals surface area contributed by atoms with Gasteiger partial charge in [-0.1, -0.05) is 6.08 Å². The summed E-state index contributed by atoms with van der Waals surface area (Å²) in [7, 11) is -1.80. The number of methoxy groups -OCH3 is 1. The number of hydrogen-bond donors (Lipinski definition) is 2. The van der Waals surface area contributed by atoms with Crippen LogP contribution >= 0.6 is 0 Å². The van der Waals surface area contributed by atoms with E-state index in [-0.39, 0.29) is 23.2 Å². The maximum absolute atomic E-state index is 13.3. The number of hydrogen-bond acceptors (Lipinski definition) is 5. The van der Waals surface area contributed by atoms with Crippen LogP contribution in [0.3, 0.4) is 0 Å². The largest absolute Gasteiger partial charge is 0.494 e. The van der Waals surface area contributed by atoms with Crippen LogP contribution < -0.4 is 15.8 Å². The zero-order valence-electron chi connectivity index (χ0n) is 9.68. The number of halogens is 1. The van der Waals surface area contributed by atoms with Crippen molar-refractivity contribution in [3.8, 4) is 5.75 Å². The van der Waals surface area contributed by atoms with Gasteiger partial charge < -0.3 is 15.8 Å². The molecule has 1 unspecified atom stereocenters. The number of sulfone groups is 1. The molecule has 3 N–H and O–H groups in total. The fourth-order valence-corrected chi connectivity index (χ4v) is 2.95. The number of nitrogen functional groups attached to an aromatic ring is 1. The molecule has 1 heterocycles. The molecule has 0 saturated carbocycles. The average molecular weight is 272 g/mol. The van der Waals surface area contributed by atoms with E-state index < -0.39 is 15.7 Å². The molecule has 0 bridgehead atoms. The molecule has 5 nitrogen and oxygen atoms in total. The maximum atomic E-state index is 13.3. The molecule has 0 aliphatic carbocycles. The normalized spacial score (nSPS) is 20.9. The van der Waals surface area contributed by atoms with Crippen LogP contribution in [-0.4, -0.2) is 27.3 Å². The number of ether oxygens (including phenoxy) is 1. The van der Waals surface area contributed by atoms with Crippen molar-refractivity contribution >= 4 is 21.2 Å². The Morgan fingerprint density at radius 2 is 2.22 bits per heavy atom. The van der Waals surface area contributed by atoms with E-state index in [0.717, 1.165) is 11.5 Å². The maximum Gasteiger partial charge on any atom is 0.173 e. The molecular formula is C11H13FN2O3S. The van der Waals surface area contributed by atoms with Gasteiger partial charge in [0.05, 0.1) is 30.3 Å². The number of benzene rings is 1. The fourth-order valence-electron chi connectivity index (χ4n) is 1.72. The molecule has 0 saturated heterocycles. The first-order valence-corrected chi connectivity index (χ1v) is 6.93. The molecule has 18 heavy (non-hydrogen) atoms. The van der Waals surface area contributed by atoms with Crippen LogP contribution in [0.4, 0.5) is 15.8 Å². The van der Waals surface area contributed by atoms with Gasteiger partial charge in [0.1, 0.15) is 0 Å². The summed E-state index contributed by atoms with van der Waals surface area (Å²) >= 11 is 0. The summed E-state index contributed by atoms with van der Waals surface area (Å²) in [6.45, 7) is 0. The quantitative estimate of drug-likeness (QED) is 0.806. The first-order chi connectivity index (χ1) is 8.41. The lowest BCUT2D eigenvalue weighted by atomic mass is 10.2. The van der Waals surface area contributed by atoms with Gasteiger partial charge in [0.25, 0.3) is 0 Å². The minimum atomic E-state index is -3.14. The average Bonchev–Trinajstić information content (AvgIpc) is 2.62. The second kappa shape index (κ2) is 4.49. The molecular weight excluding hydrogens is 259 g/mol. The van der Waals surface area contributed by atoms with Crippen molar-refractivity contribution < 1.29 is 17.5 Å². The molecule has 1 aliphatic heterocycles. The Bertz CT molecular complexity index is 599. The topological polar surface area (TPSA) is 81.4 Å². The van der Waals surface area contributed by atoms with Gasteiger partial charge in [-0.3, -0.25) is 0 Å². The van der Waals surface area contributed by atoms with Gasteiger partial charge >= 0.3 is 0 Å². The summed E-state index contributed by atoms with van der Waals surface area (Å²) in [5.74, 6) is -0.543. The van der Waals surface area contributed by atoms with Crippen LogP contribution in [0.1, 0.15) is 0 Å². The predicted molar refractivity (Wildman–Crippen MR) is 67.7 cm³/mol. The first-order valence-electron chi connectivity index (χ1n) is 5.22. The Balaban J connectivity index is 2.23. The Morgan fingerprint density at radius 1 is 1.50 bits per heavy atom. The highest BCUT2D eigenvalue weighted by molar-refractivity contribution is 7.94. The van der Waals surface area contributed by atoms with Crippen molar-refractivity contribution in [2.24, 2.45) is 0 Å². The summed E-state index contributed by atoms with van der Waals surface area (Å²) in [6, 6.07) is 2.17. The standard InChI is InChI=1S/C11H13FN2O3S/c1-17-11-5-10(9(13)4-8(11)12)14-7-2-3-18(15,16)6-7/h2-5,7,14H,6,13H2,1H3. The highest BCUT2D eigenvalue weighted by atomic mass is 32.2. The Kier molecular flexibility index (Phi) is 3.16. The minimum Gasteiger partial charge on any atom is -0.494 e. The van der Waals surface area contributed by atoms with E-state index in [1.54, 1.807) is 0 Å². The molecule has 2 rings (SSSR count). The molecule has 1 aliphatic rings. The van der Waals surface area contributed by atoms with Crippen LogP contribution in [-0.2, 0) is 9.84 Å². The molecule has 1 aromatic carbocycles. The van der Waals surface area contributed by atoms with Crippen molar-refractivity contribution in [1.82, 2.24) is 0 Å². The van der Waals surface area contributed by atoms with Gasteiger partial charge in [0.15, 0.2) is 21.4 Å². The first kappa shape index (κ1) is 12.7. The number of nitrogens with two attached hydrogens (primary N) is 1. The van der Waals surface area contributed by atoms with Crippen LogP contribution in [0.15, 0.2) is 23.6 Å². The van der Waals surface area contributed by atoms with E-state index in [1.807, 2.05) is 0 Å². The third-order valence-corrected chi connectivity index (χ3v) is 3.99. The summed E-state index contributed by atoms with van der Waals surface area (Å²) in [5.41, 5.74) is 6.30. The smallest absolute Gasteiger partial charge is 0.173 e. The summed E-state index contributed by atoms with van der Waals surface area (Å²) in [6.07, 6.45) is 1.53. The highest BCUT2D eigenvalue weighted by Crippen LogP contribution is 2.29. The SMILES string of the molecule is COc1cc(NC2C=CS(=O)(=O)C2)c(N)cc1F. The lowest BCUT2D eigenvalue weighted by Crippen LogP contribution is -2.21. The molecule has 0 aromatic heterocycles. The van der Waals surface area contributed by atoms with Gasteiger partial charge in [0.2, 0.25) is 0 Å². The van der Waals surface area contributed by atoms with Gasteiger partial charge in [0, 0.05) is 17.5 Å². The fraction of sp³-hybridized carbons (Fsp3) is 0.273. The van der Waals surface area contributed by atoms with E-state index in [1.165, 1.54) is 19.3 Å². The van der Waals surface area contributed by atoms with E-state index in [4.69, 9.17) is 10.5 Å². The Morgan fingerprint density at radius 3 is 2.78 bits per heavy atom. The van der Waals surface area contributed by atoms with Crippen molar-refractivity contribution in [2.75, 3.05) is 23.9 Å². The lowest BCUT2D eigenvalue weighted by Gasteiger charge is -2.15. The van der Waals surface area contributed by atoms with Gasteiger partial charge in [-0.05, 0) is 0 Å². The van der Waals surface area contributed by atoms with Crippen molar-refractivity contribution in [3.63, 3.8) is 0 Å². The molecule has 0 amide bonds. The lowest BCUT2D eigenvalue weighted by molar-refractivity contribution is 0.387. The van der Waals surface area contributed by atoms with Crippen molar-refractivity contribution in [3.05, 3.63) is 29.4 Å². The zero-order valence-corrected chi connectivity index (χ0v) is 10.5. The molecule has 1 atom stereocenters. The van der Waals surface area contributed by atoms with Crippen molar-refractivity contribution in [1.29, 1.82) is 0 Å². The second-order valence-corrected chi connectivity index (χ2v) is 5.91. The van der Waals surface area contributed by atoms with Gasteiger partial charge in [-0.25, -0.2) is 12.8 Å². The van der Waals surface area contributed by atoms with Crippen molar-refractivity contribution in [2.45, 2.75) is 6.04 Å². The Hall–Kier alpha value is -1.76. The molecule has 98 valence electrons. The van der Waals surface area contributed by atoms with E-state index >= 15 is 0 Å². The molecule has 0 fully saturated rings. The van der Waals surface area contributed by atoms with Gasteiger partial charge in [-0.2, -0.15) is 0 Å². The van der Waals surface area contributed by atoms with E-state index in [9.17, 15) is 12.8 Å². The van der Waals surface area contributed by atoms with E-state index in [2.05, 4.69) is 5.32 Å². The summed E-state index contributed by atoms with van der Waals surface area (Å²) < 4.78 is 40.7. The summed E-state index contributed by atoms with van der Waals surface area (Å²) in [4.78, 5) is 0. The van der Waals surface area contributed by atoms with Crippen LogP contribution in [0, 0.1) is 5.82 Å². The third kappa shape index (κ3) is 2.56. The van der Waals surface area contributed by atoms with Gasteiger partial charge in [-0.15, -0.1) is 0 Å². The number of rotatable bonds is 3. The van der Waals surface area contributed by atoms with Crippen LogP contribution in [0.5, 0.6) is 5.75 Å². The third-order valence-electron chi connectivity index (χ3n) is 2.59. The molecule has 7 heteroatoms. The predicted octanol–water partition coefficient (Wildman–Crippen LogP) is 1.14. The van der Waals surface area contributed by atoms with Crippen LogP contribution in [0.2, 0.25) is 0 Å². The van der Waals surface area contributed by atoms with E-state index in [0.29, 0.717) is 5.69 Å².